The lowest BCUT2D eigenvalue weighted by Gasteiger charge is -2.34. The minimum Gasteiger partial charge on any atom is -0.339 e. The average Bonchev–Trinajstić information content (AvgIpc) is 3.30. The fourth-order valence-corrected chi connectivity index (χ4v) is 5.11. The molecule has 1 aliphatic heterocycles. The van der Waals surface area contributed by atoms with Gasteiger partial charge in [-0.3, -0.25) is 9.59 Å². The first kappa shape index (κ1) is 24.6. The van der Waals surface area contributed by atoms with Gasteiger partial charge in [0, 0.05) is 52.0 Å². The molecule has 1 N–H and O–H groups in total. The van der Waals surface area contributed by atoms with E-state index in [-0.39, 0.29) is 18.2 Å². The summed E-state index contributed by atoms with van der Waals surface area (Å²) in [5, 5.41) is 3.95. The summed E-state index contributed by atoms with van der Waals surface area (Å²) in [4.78, 5) is 44.7. The number of nitrogens with one attached hydrogen (secondary N) is 1. The number of rotatable bonds is 6. The van der Waals surface area contributed by atoms with Crippen LogP contribution in [0.5, 0.6) is 0 Å². The van der Waals surface area contributed by atoms with E-state index in [2.05, 4.69) is 46.5 Å². The van der Waals surface area contributed by atoms with Gasteiger partial charge in [-0.15, -0.1) is 0 Å². The smallest absolute Gasteiger partial charge is 0.227 e. The quantitative estimate of drug-likeness (QED) is 0.412. The summed E-state index contributed by atoms with van der Waals surface area (Å²) < 4.78 is 0. The zero-order chi connectivity index (χ0) is 25.9. The van der Waals surface area contributed by atoms with Crippen LogP contribution in [0.15, 0.2) is 54.7 Å². The number of piperazine rings is 1. The third kappa shape index (κ3) is 5.69. The molecule has 0 atom stereocenters. The third-order valence-corrected chi connectivity index (χ3v) is 7.38. The molecule has 1 aromatic carbocycles. The number of nitrogens with zero attached hydrogens (tertiary/aromatic N) is 6. The van der Waals surface area contributed by atoms with E-state index in [0.29, 0.717) is 37.1 Å². The van der Waals surface area contributed by atoms with Crippen molar-refractivity contribution in [2.24, 2.45) is 0 Å². The average molecular weight is 516 g/mol. The molecule has 4 aromatic rings. The minimum absolute atomic E-state index is 0.0507. The number of hydrogen-bond acceptors (Lipinski definition) is 8. The van der Waals surface area contributed by atoms with Gasteiger partial charge in [-0.1, -0.05) is 29.0 Å². The lowest BCUT2D eigenvalue weighted by molar-refractivity contribution is -0.138. The minimum atomic E-state index is 0.0507. The Bertz CT molecular complexity index is 1430. The Morgan fingerprint density at radius 1 is 1.00 bits per heavy atom. The normalized spacial score (nSPS) is 13.6. The predicted octanol–water partition coefficient (Wildman–Crippen LogP) is 4.14. The molecule has 0 unspecified atom stereocenters. The number of benzene rings is 1. The molecule has 1 saturated heterocycles. The SMILES string of the molecule is CC(=O)N1CCN(C(=O)Cc2ccnc(Nc3nc4ccc(N(C)c5ccc(C)cc5)nc4s3)c2)CC1. The molecule has 0 aliphatic carbocycles. The van der Waals surface area contributed by atoms with Gasteiger partial charge in [-0.25, -0.2) is 15.0 Å². The van der Waals surface area contributed by atoms with E-state index in [9.17, 15) is 9.59 Å². The molecular formula is C27H29N7O2S. The second kappa shape index (κ2) is 10.5. The van der Waals surface area contributed by atoms with Crippen LogP contribution < -0.4 is 10.2 Å². The van der Waals surface area contributed by atoms with Crippen molar-refractivity contribution < 1.29 is 9.59 Å². The van der Waals surface area contributed by atoms with E-state index in [4.69, 9.17) is 4.98 Å². The van der Waals surface area contributed by atoms with Crippen LogP contribution >= 0.6 is 11.3 Å². The topological polar surface area (TPSA) is 94.6 Å². The van der Waals surface area contributed by atoms with Gasteiger partial charge in [0.1, 0.15) is 22.0 Å². The van der Waals surface area contributed by atoms with Gasteiger partial charge in [0.2, 0.25) is 11.8 Å². The summed E-state index contributed by atoms with van der Waals surface area (Å²) in [5.74, 6) is 1.57. The predicted molar refractivity (Wildman–Crippen MR) is 147 cm³/mol. The molecule has 0 bridgehead atoms. The Morgan fingerprint density at radius 3 is 2.46 bits per heavy atom. The molecule has 3 aromatic heterocycles. The van der Waals surface area contributed by atoms with Gasteiger partial charge in [0.15, 0.2) is 5.13 Å². The van der Waals surface area contributed by atoms with Crippen LogP contribution in [0, 0.1) is 6.92 Å². The van der Waals surface area contributed by atoms with E-state index < -0.39 is 0 Å². The molecule has 9 nitrogen and oxygen atoms in total. The number of aryl methyl sites for hydroxylation is 1. The van der Waals surface area contributed by atoms with Crippen molar-refractivity contribution in [3.8, 4) is 0 Å². The van der Waals surface area contributed by atoms with Crippen LogP contribution in [0.4, 0.5) is 22.5 Å². The molecule has 1 aliphatic rings. The van der Waals surface area contributed by atoms with Gasteiger partial charge < -0.3 is 20.0 Å². The van der Waals surface area contributed by atoms with Crippen molar-refractivity contribution in [3.05, 3.63) is 65.9 Å². The number of hydrogen-bond donors (Lipinski definition) is 1. The van der Waals surface area contributed by atoms with Crippen molar-refractivity contribution in [1.82, 2.24) is 24.8 Å². The molecule has 0 saturated carbocycles. The Morgan fingerprint density at radius 2 is 1.73 bits per heavy atom. The number of fused-ring (bicyclic) bond motifs is 1. The Hall–Kier alpha value is -4.05. The number of pyridine rings is 2. The maximum atomic E-state index is 12.8. The number of carbonyl (C=O) groups is 2. The maximum absolute atomic E-state index is 12.8. The molecule has 190 valence electrons. The molecule has 4 heterocycles. The Labute approximate surface area is 219 Å². The Kier molecular flexibility index (Phi) is 7.00. The summed E-state index contributed by atoms with van der Waals surface area (Å²) >= 11 is 1.46. The van der Waals surface area contributed by atoms with Crippen molar-refractivity contribution in [2.45, 2.75) is 20.3 Å². The fourth-order valence-electron chi connectivity index (χ4n) is 4.27. The van der Waals surface area contributed by atoms with E-state index in [1.54, 1.807) is 18.0 Å². The number of amides is 2. The molecule has 1 fully saturated rings. The molecule has 5 rings (SSSR count). The van der Waals surface area contributed by atoms with Gasteiger partial charge in [0.25, 0.3) is 0 Å². The first-order valence-electron chi connectivity index (χ1n) is 12.2. The Balaban J connectivity index is 1.25. The molecule has 10 heteroatoms. The molecule has 0 spiro atoms. The van der Waals surface area contributed by atoms with Crippen molar-refractivity contribution in [3.63, 3.8) is 0 Å². The van der Waals surface area contributed by atoms with Crippen molar-refractivity contribution in [2.75, 3.05) is 43.4 Å². The zero-order valence-electron chi connectivity index (χ0n) is 21.1. The number of aromatic nitrogens is 3. The highest BCUT2D eigenvalue weighted by Gasteiger charge is 2.22. The first-order chi connectivity index (χ1) is 17.9. The van der Waals surface area contributed by atoms with Crippen LogP contribution in [0.3, 0.4) is 0 Å². The van der Waals surface area contributed by atoms with E-state index >= 15 is 0 Å². The second-order valence-electron chi connectivity index (χ2n) is 9.15. The third-order valence-electron chi connectivity index (χ3n) is 6.50. The van der Waals surface area contributed by atoms with Crippen LogP contribution in [-0.4, -0.2) is 69.8 Å². The second-order valence-corrected chi connectivity index (χ2v) is 10.1. The number of thiazole rings is 1. The lowest BCUT2D eigenvalue weighted by atomic mass is 10.1. The summed E-state index contributed by atoms with van der Waals surface area (Å²) in [6, 6.07) is 16.0. The summed E-state index contributed by atoms with van der Waals surface area (Å²) in [7, 11) is 2.00. The highest BCUT2D eigenvalue weighted by Crippen LogP contribution is 2.30. The summed E-state index contributed by atoms with van der Waals surface area (Å²) in [5.41, 5.74) is 3.97. The number of carbonyl (C=O) groups excluding carboxylic acids is 2. The van der Waals surface area contributed by atoms with Crippen LogP contribution in [0.2, 0.25) is 0 Å². The number of anilines is 4. The van der Waals surface area contributed by atoms with Crippen molar-refractivity contribution in [1.29, 1.82) is 0 Å². The van der Waals surface area contributed by atoms with Crippen LogP contribution in [0.25, 0.3) is 10.3 Å². The molecule has 37 heavy (non-hydrogen) atoms. The molecular weight excluding hydrogens is 486 g/mol. The van der Waals surface area contributed by atoms with E-state index in [0.717, 1.165) is 27.4 Å². The van der Waals surface area contributed by atoms with E-state index in [1.807, 2.05) is 41.1 Å². The monoisotopic (exact) mass is 515 g/mol. The van der Waals surface area contributed by atoms with Crippen LogP contribution in [-0.2, 0) is 16.0 Å². The van der Waals surface area contributed by atoms with Gasteiger partial charge >= 0.3 is 0 Å². The maximum Gasteiger partial charge on any atom is 0.227 e. The van der Waals surface area contributed by atoms with Gasteiger partial charge in [-0.05, 0) is 48.9 Å². The molecule has 2 amide bonds. The van der Waals surface area contributed by atoms with Gasteiger partial charge in [0.05, 0.1) is 6.42 Å². The fraction of sp³-hybridized carbons (Fsp3) is 0.296. The summed E-state index contributed by atoms with van der Waals surface area (Å²) in [6.07, 6.45) is 1.98. The summed E-state index contributed by atoms with van der Waals surface area (Å²) in [6.45, 7) is 5.92. The molecule has 0 radical (unpaired) electrons. The van der Waals surface area contributed by atoms with Gasteiger partial charge in [-0.2, -0.15) is 0 Å². The van der Waals surface area contributed by atoms with Crippen LogP contribution in [0.1, 0.15) is 18.1 Å². The first-order valence-corrected chi connectivity index (χ1v) is 13.0. The van der Waals surface area contributed by atoms with E-state index in [1.165, 1.54) is 16.9 Å². The largest absolute Gasteiger partial charge is 0.339 e. The van der Waals surface area contributed by atoms with Crippen molar-refractivity contribution >= 4 is 56.0 Å². The lowest BCUT2D eigenvalue weighted by Crippen LogP contribution is -2.50. The standard InChI is InChI=1S/C27H29N7O2S/c1-18-4-6-21(7-5-18)32(3)24-9-8-22-26(31-24)37-27(29-22)30-23-16-20(10-11-28-23)17-25(36)34-14-12-33(13-15-34)19(2)35/h4-11,16H,12-15,17H2,1-3H3,(H,28,29,30). The zero-order valence-corrected chi connectivity index (χ0v) is 22.0. The highest BCUT2D eigenvalue weighted by molar-refractivity contribution is 7.21. The highest BCUT2D eigenvalue weighted by atomic mass is 32.1.